The Hall–Kier alpha value is -2.15. The lowest BCUT2D eigenvalue weighted by atomic mass is 10.1. The van der Waals surface area contributed by atoms with Crippen molar-refractivity contribution in [2.24, 2.45) is 4.99 Å². The van der Waals surface area contributed by atoms with Crippen LogP contribution in [0.15, 0.2) is 29.3 Å². The molecule has 0 aliphatic carbocycles. The Balaban J connectivity index is 2.34. The van der Waals surface area contributed by atoms with Crippen LogP contribution < -0.4 is 10.6 Å². The molecule has 0 heterocycles. The van der Waals surface area contributed by atoms with Crippen molar-refractivity contribution in [2.45, 2.75) is 39.2 Å². The number of nitro benzene ring substituents is 1. The van der Waals surface area contributed by atoms with Crippen molar-refractivity contribution in [1.82, 2.24) is 10.6 Å². The monoisotopic (exact) mass is 336 g/mol. The summed E-state index contributed by atoms with van der Waals surface area (Å²) in [6.07, 6.45) is 2.86. The molecule has 134 valence electrons. The summed E-state index contributed by atoms with van der Waals surface area (Å²) in [4.78, 5) is 14.8. The average Bonchev–Trinajstić information content (AvgIpc) is 2.55. The van der Waals surface area contributed by atoms with Gasteiger partial charge in [0, 0.05) is 38.4 Å². The number of ether oxygens (including phenoxy) is 1. The van der Waals surface area contributed by atoms with Crippen molar-refractivity contribution in [3.05, 3.63) is 39.9 Å². The van der Waals surface area contributed by atoms with Gasteiger partial charge < -0.3 is 15.4 Å². The fourth-order valence-electron chi connectivity index (χ4n) is 2.26. The van der Waals surface area contributed by atoms with Gasteiger partial charge in [0.05, 0.1) is 11.5 Å². The molecule has 1 aromatic rings. The van der Waals surface area contributed by atoms with Crippen LogP contribution in [0.3, 0.4) is 0 Å². The summed E-state index contributed by atoms with van der Waals surface area (Å²) < 4.78 is 5.11. The van der Waals surface area contributed by atoms with Crippen LogP contribution in [0.5, 0.6) is 0 Å². The highest BCUT2D eigenvalue weighted by molar-refractivity contribution is 5.80. The van der Waals surface area contributed by atoms with E-state index in [9.17, 15) is 10.1 Å². The van der Waals surface area contributed by atoms with Gasteiger partial charge >= 0.3 is 0 Å². The van der Waals surface area contributed by atoms with Gasteiger partial charge in [-0.3, -0.25) is 15.1 Å². The maximum absolute atomic E-state index is 10.6. The van der Waals surface area contributed by atoms with Gasteiger partial charge in [-0.25, -0.2) is 0 Å². The second-order valence-electron chi connectivity index (χ2n) is 5.64. The summed E-state index contributed by atoms with van der Waals surface area (Å²) in [5.41, 5.74) is 1.25. The zero-order valence-corrected chi connectivity index (χ0v) is 14.7. The highest BCUT2D eigenvalue weighted by atomic mass is 16.6. The lowest BCUT2D eigenvalue weighted by Crippen LogP contribution is -2.44. The van der Waals surface area contributed by atoms with Crippen molar-refractivity contribution >= 4 is 11.6 Å². The second-order valence-corrected chi connectivity index (χ2v) is 5.64. The number of unbranched alkanes of at least 4 members (excludes halogenated alkanes) is 1. The molecule has 0 aliphatic heterocycles. The van der Waals surface area contributed by atoms with E-state index in [0.717, 1.165) is 43.9 Å². The highest BCUT2D eigenvalue weighted by Crippen LogP contribution is 2.13. The van der Waals surface area contributed by atoms with Gasteiger partial charge in [0.15, 0.2) is 5.96 Å². The first-order valence-electron chi connectivity index (χ1n) is 8.34. The summed E-state index contributed by atoms with van der Waals surface area (Å²) in [5.74, 6) is 0.803. The molecule has 0 amide bonds. The molecule has 0 spiro atoms. The van der Waals surface area contributed by atoms with Crippen molar-refractivity contribution in [2.75, 3.05) is 26.8 Å². The number of nitro groups is 1. The number of nitrogens with zero attached hydrogens (tertiary/aromatic N) is 2. The molecule has 2 N–H and O–H groups in total. The SMILES string of the molecule is CCNC(=NCCCCc1ccc([N+](=O)[O-])cc1)NC(C)COC. The van der Waals surface area contributed by atoms with Crippen LogP contribution in [0, 0.1) is 10.1 Å². The summed E-state index contributed by atoms with van der Waals surface area (Å²) in [6, 6.07) is 6.95. The molecule has 0 saturated carbocycles. The summed E-state index contributed by atoms with van der Waals surface area (Å²) in [7, 11) is 1.68. The maximum Gasteiger partial charge on any atom is 0.269 e. The van der Waals surface area contributed by atoms with Crippen LogP contribution in [0.25, 0.3) is 0 Å². The van der Waals surface area contributed by atoms with Gasteiger partial charge in [0.2, 0.25) is 0 Å². The Kier molecular flexibility index (Phi) is 9.45. The first kappa shape index (κ1) is 19.9. The maximum atomic E-state index is 10.6. The largest absolute Gasteiger partial charge is 0.383 e. The van der Waals surface area contributed by atoms with E-state index in [-0.39, 0.29) is 16.7 Å². The summed E-state index contributed by atoms with van der Waals surface area (Å²) in [5, 5.41) is 17.1. The molecule has 1 unspecified atom stereocenters. The van der Waals surface area contributed by atoms with E-state index in [1.807, 2.05) is 26.0 Å². The minimum absolute atomic E-state index is 0.134. The number of aliphatic imine (C=N–C) groups is 1. The minimum Gasteiger partial charge on any atom is -0.383 e. The van der Waals surface area contributed by atoms with Gasteiger partial charge in [0.25, 0.3) is 5.69 Å². The topological polar surface area (TPSA) is 88.8 Å². The van der Waals surface area contributed by atoms with Crippen LogP contribution in [0.2, 0.25) is 0 Å². The second kappa shape index (κ2) is 11.4. The number of methoxy groups -OCH3 is 1. The molecule has 1 atom stereocenters. The molecule has 7 nitrogen and oxygen atoms in total. The van der Waals surface area contributed by atoms with Crippen LogP contribution >= 0.6 is 0 Å². The summed E-state index contributed by atoms with van der Waals surface area (Å²) >= 11 is 0. The van der Waals surface area contributed by atoms with Crippen molar-refractivity contribution in [3.63, 3.8) is 0 Å². The van der Waals surface area contributed by atoms with Crippen LogP contribution in [0.4, 0.5) is 5.69 Å². The van der Waals surface area contributed by atoms with Crippen LogP contribution in [-0.2, 0) is 11.2 Å². The Morgan fingerprint density at radius 2 is 2.04 bits per heavy atom. The first-order valence-corrected chi connectivity index (χ1v) is 8.34. The molecular formula is C17H28N4O3. The third-order valence-corrected chi connectivity index (χ3v) is 3.43. The Labute approximate surface area is 143 Å². The number of guanidine groups is 1. The van der Waals surface area contributed by atoms with Gasteiger partial charge in [0.1, 0.15) is 0 Å². The van der Waals surface area contributed by atoms with Gasteiger partial charge in [-0.05, 0) is 38.7 Å². The number of non-ortho nitro benzene ring substituents is 1. The molecule has 0 aliphatic rings. The predicted octanol–water partition coefficient (Wildman–Crippen LogP) is 2.51. The normalized spacial score (nSPS) is 12.7. The van der Waals surface area contributed by atoms with E-state index < -0.39 is 0 Å². The number of hydrogen-bond donors (Lipinski definition) is 2. The lowest BCUT2D eigenvalue weighted by Gasteiger charge is -2.16. The third-order valence-electron chi connectivity index (χ3n) is 3.43. The summed E-state index contributed by atoms with van der Waals surface area (Å²) in [6.45, 7) is 6.26. The molecule has 0 bridgehead atoms. The third kappa shape index (κ3) is 7.92. The van der Waals surface area contributed by atoms with Gasteiger partial charge in [-0.15, -0.1) is 0 Å². The molecule has 1 rings (SSSR count). The number of rotatable bonds is 10. The lowest BCUT2D eigenvalue weighted by molar-refractivity contribution is -0.384. The molecular weight excluding hydrogens is 308 g/mol. The van der Waals surface area contributed by atoms with E-state index in [0.29, 0.717) is 6.61 Å². The zero-order valence-electron chi connectivity index (χ0n) is 14.7. The van der Waals surface area contributed by atoms with Crippen molar-refractivity contribution in [1.29, 1.82) is 0 Å². The molecule has 0 saturated heterocycles. The molecule has 0 radical (unpaired) electrons. The highest BCUT2D eigenvalue weighted by Gasteiger charge is 2.05. The Morgan fingerprint density at radius 1 is 1.33 bits per heavy atom. The van der Waals surface area contributed by atoms with Crippen molar-refractivity contribution in [3.8, 4) is 0 Å². The van der Waals surface area contributed by atoms with Gasteiger partial charge in [-0.1, -0.05) is 12.1 Å². The average molecular weight is 336 g/mol. The molecule has 0 fully saturated rings. The molecule has 7 heteroatoms. The number of hydrogen-bond acceptors (Lipinski definition) is 4. The van der Waals surface area contributed by atoms with Crippen molar-refractivity contribution < 1.29 is 9.66 Å². The first-order chi connectivity index (χ1) is 11.6. The number of nitrogens with one attached hydrogen (secondary N) is 2. The molecule has 24 heavy (non-hydrogen) atoms. The van der Waals surface area contributed by atoms with E-state index in [2.05, 4.69) is 15.6 Å². The Morgan fingerprint density at radius 3 is 2.62 bits per heavy atom. The molecule has 1 aromatic carbocycles. The van der Waals surface area contributed by atoms with E-state index in [1.54, 1.807) is 19.2 Å². The number of aryl methyl sites for hydroxylation is 1. The zero-order chi connectivity index (χ0) is 17.8. The standard InChI is InChI=1S/C17H28N4O3/c1-4-18-17(20-14(2)13-24-3)19-12-6-5-7-15-8-10-16(11-9-15)21(22)23/h8-11,14H,4-7,12-13H2,1-3H3,(H2,18,19,20). The minimum atomic E-state index is -0.377. The fraction of sp³-hybridized carbons (Fsp3) is 0.588. The Bertz CT molecular complexity index is 517. The van der Waals surface area contributed by atoms with E-state index in [1.165, 1.54) is 0 Å². The van der Waals surface area contributed by atoms with Crippen LogP contribution in [-0.4, -0.2) is 43.7 Å². The quantitative estimate of drug-likeness (QED) is 0.225. The van der Waals surface area contributed by atoms with Gasteiger partial charge in [-0.2, -0.15) is 0 Å². The van der Waals surface area contributed by atoms with Crippen LogP contribution in [0.1, 0.15) is 32.3 Å². The fourth-order valence-corrected chi connectivity index (χ4v) is 2.26. The molecule has 0 aromatic heterocycles. The smallest absolute Gasteiger partial charge is 0.269 e. The predicted molar refractivity (Wildman–Crippen MR) is 96.5 cm³/mol. The van der Waals surface area contributed by atoms with E-state index in [4.69, 9.17) is 4.74 Å². The van der Waals surface area contributed by atoms with E-state index >= 15 is 0 Å². The number of benzene rings is 1.